The number of urea groups is 1. The SMILES string of the molecule is COC(=O)c1c(C)[nH]c(C(=O)OCC(=O)NC(=O)NC23CC4CC(CC(C4)C2)C3)c1C. The molecule has 3 amide bonds. The number of nitrogens with one attached hydrogen (secondary N) is 3. The largest absolute Gasteiger partial charge is 0.465 e. The Morgan fingerprint density at radius 1 is 1.00 bits per heavy atom. The van der Waals surface area contributed by atoms with E-state index in [2.05, 4.69) is 15.6 Å². The lowest BCUT2D eigenvalue weighted by Crippen LogP contribution is -2.62. The molecule has 5 rings (SSSR count). The predicted molar refractivity (Wildman–Crippen MR) is 109 cm³/mol. The van der Waals surface area contributed by atoms with Crippen molar-refractivity contribution < 1.29 is 28.7 Å². The van der Waals surface area contributed by atoms with Gasteiger partial charge in [-0.25, -0.2) is 14.4 Å². The van der Waals surface area contributed by atoms with E-state index in [0.29, 0.717) is 29.0 Å². The van der Waals surface area contributed by atoms with Crippen molar-refractivity contribution in [2.24, 2.45) is 17.8 Å². The average molecular weight is 431 g/mol. The number of hydrogen-bond donors (Lipinski definition) is 3. The Morgan fingerprint density at radius 2 is 1.58 bits per heavy atom. The molecule has 4 saturated carbocycles. The van der Waals surface area contributed by atoms with E-state index < -0.39 is 30.5 Å². The van der Waals surface area contributed by atoms with Gasteiger partial charge in [-0.15, -0.1) is 0 Å². The van der Waals surface area contributed by atoms with E-state index in [1.54, 1.807) is 13.8 Å². The summed E-state index contributed by atoms with van der Waals surface area (Å²) >= 11 is 0. The summed E-state index contributed by atoms with van der Waals surface area (Å²) in [6.07, 6.45) is 6.70. The maximum absolute atomic E-state index is 12.4. The zero-order valence-electron chi connectivity index (χ0n) is 18.1. The summed E-state index contributed by atoms with van der Waals surface area (Å²) in [7, 11) is 1.25. The Balaban J connectivity index is 1.29. The van der Waals surface area contributed by atoms with Crippen LogP contribution in [0.15, 0.2) is 0 Å². The zero-order valence-corrected chi connectivity index (χ0v) is 18.1. The number of aromatic amines is 1. The highest BCUT2D eigenvalue weighted by Gasteiger charge is 2.51. The summed E-state index contributed by atoms with van der Waals surface area (Å²) in [6.45, 7) is 2.63. The Morgan fingerprint density at radius 3 is 2.13 bits per heavy atom. The molecule has 4 aliphatic rings. The summed E-state index contributed by atoms with van der Waals surface area (Å²) in [5.74, 6) is -0.0387. The molecule has 4 bridgehead atoms. The smallest absolute Gasteiger partial charge is 0.355 e. The first-order valence-corrected chi connectivity index (χ1v) is 10.8. The van der Waals surface area contributed by atoms with Gasteiger partial charge in [0.25, 0.3) is 5.91 Å². The second kappa shape index (κ2) is 8.01. The quantitative estimate of drug-likeness (QED) is 0.615. The fourth-order valence-corrected chi connectivity index (χ4v) is 6.26. The van der Waals surface area contributed by atoms with Crippen LogP contribution in [-0.4, -0.2) is 48.1 Å². The van der Waals surface area contributed by atoms with Gasteiger partial charge in [0.05, 0.1) is 12.7 Å². The second-order valence-electron chi connectivity index (χ2n) is 9.39. The van der Waals surface area contributed by atoms with E-state index in [0.717, 1.165) is 19.3 Å². The molecule has 0 spiro atoms. The number of aryl methyl sites for hydroxylation is 1. The third kappa shape index (κ3) is 4.18. The fraction of sp³-hybridized carbons (Fsp3) is 0.636. The van der Waals surface area contributed by atoms with Gasteiger partial charge in [0.1, 0.15) is 5.69 Å². The van der Waals surface area contributed by atoms with Crippen LogP contribution >= 0.6 is 0 Å². The highest BCUT2D eigenvalue weighted by molar-refractivity contribution is 6.00. The van der Waals surface area contributed by atoms with Gasteiger partial charge in [-0.05, 0) is 75.7 Å². The van der Waals surface area contributed by atoms with Crippen molar-refractivity contribution in [1.29, 1.82) is 0 Å². The molecule has 1 heterocycles. The van der Waals surface area contributed by atoms with Crippen LogP contribution in [0.2, 0.25) is 0 Å². The number of esters is 2. The van der Waals surface area contributed by atoms with Crippen molar-refractivity contribution in [2.45, 2.75) is 57.9 Å². The minimum Gasteiger partial charge on any atom is -0.465 e. The monoisotopic (exact) mass is 431 g/mol. The highest BCUT2D eigenvalue weighted by Crippen LogP contribution is 2.55. The standard InChI is InChI=1S/C22H29N3O6/c1-11-17(19(27)30-3)12(2)23-18(11)20(28)31-10-16(26)24-21(29)25-22-7-13-4-14(8-22)6-15(5-13)9-22/h13-15,23H,4-10H2,1-3H3,(H2,24,25,26,29). The molecule has 168 valence electrons. The van der Waals surface area contributed by atoms with E-state index in [1.165, 1.54) is 26.4 Å². The van der Waals surface area contributed by atoms with E-state index in [4.69, 9.17) is 9.47 Å². The fourth-order valence-electron chi connectivity index (χ4n) is 6.26. The van der Waals surface area contributed by atoms with Crippen LogP contribution in [0.1, 0.15) is 70.6 Å². The molecule has 0 unspecified atom stereocenters. The van der Waals surface area contributed by atoms with Gasteiger partial charge in [0, 0.05) is 11.2 Å². The molecule has 31 heavy (non-hydrogen) atoms. The van der Waals surface area contributed by atoms with Gasteiger partial charge in [-0.3, -0.25) is 10.1 Å². The van der Waals surface area contributed by atoms with Gasteiger partial charge in [-0.1, -0.05) is 0 Å². The summed E-state index contributed by atoms with van der Waals surface area (Å²) in [4.78, 5) is 51.5. The van der Waals surface area contributed by atoms with Crippen molar-refractivity contribution in [3.8, 4) is 0 Å². The molecule has 3 N–H and O–H groups in total. The molecule has 0 aromatic carbocycles. The lowest BCUT2D eigenvalue weighted by molar-refractivity contribution is -0.123. The maximum atomic E-state index is 12.4. The molecule has 4 aliphatic carbocycles. The van der Waals surface area contributed by atoms with Crippen LogP contribution in [-0.2, 0) is 14.3 Å². The zero-order chi connectivity index (χ0) is 22.3. The topological polar surface area (TPSA) is 127 Å². The van der Waals surface area contributed by atoms with Crippen molar-refractivity contribution in [3.05, 3.63) is 22.5 Å². The lowest BCUT2D eigenvalue weighted by atomic mass is 9.53. The molecule has 1 aromatic heterocycles. The number of ether oxygens (including phenoxy) is 2. The lowest BCUT2D eigenvalue weighted by Gasteiger charge is -2.56. The van der Waals surface area contributed by atoms with Crippen LogP contribution in [0, 0.1) is 31.6 Å². The first-order valence-electron chi connectivity index (χ1n) is 10.8. The van der Waals surface area contributed by atoms with Gasteiger partial charge in [0.2, 0.25) is 0 Å². The molecule has 0 aliphatic heterocycles. The Bertz CT molecular complexity index is 899. The van der Waals surface area contributed by atoms with E-state index >= 15 is 0 Å². The number of carbonyl (C=O) groups excluding carboxylic acids is 4. The Hall–Kier alpha value is -2.84. The first kappa shape index (κ1) is 21.4. The predicted octanol–water partition coefficient (Wildman–Crippen LogP) is 2.37. The van der Waals surface area contributed by atoms with Crippen LogP contribution in [0.25, 0.3) is 0 Å². The molecule has 0 atom stereocenters. The van der Waals surface area contributed by atoms with Crippen LogP contribution in [0.3, 0.4) is 0 Å². The third-order valence-corrected chi connectivity index (χ3v) is 7.04. The van der Waals surface area contributed by atoms with Gasteiger partial charge in [-0.2, -0.15) is 0 Å². The number of amides is 3. The molecule has 4 fully saturated rings. The maximum Gasteiger partial charge on any atom is 0.355 e. The second-order valence-corrected chi connectivity index (χ2v) is 9.39. The van der Waals surface area contributed by atoms with Crippen LogP contribution < -0.4 is 10.6 Å². The summed E-state index contributed by atoms with van der Waals surface area (Å²) in [5.41, 5.74) is 0.974. The first-order chi connectivity index (χ1) is 14.7. The number of methoxy groups -OCH3 is 1. The number of hydrogen-bond acceptors (Lipinski definition) is 6. The normalized spacial score (nSPS) is 28.2. The Kier molecular flexibility index (Phi) is 5.53. The van der Waals surface area contributed by atoms with Crippen LogP contribution in [0.5, 0.6) is 0 Å². The van der Waals surface area contributed by atoms with E-state index in [9.17, 15) is 19.2 Å². The van der Waals surface area contributed by atoms with Gasteiger partial charge >= 0.3 is 18.0 Å². The number of rotatable bonds is 5. The Labute approximate surface area is 180 Å². The molecular weight excluding hydrogens is 402 g/mol. The van der Waals surface area contributed by atoms with Crippen molar-refractivity contribution in [3.63, 3.8) is 0 Å². The van der Waals surface area contributed by atoms with Gasteiger partial charge < -0.3 is 19.8 Å². The minimum absolute atomic E-state index is 0.0729. The minimum atomic E-state index is -0.785. The molecular formula is C22H29N3O6. The number of carbonyl (C=O) groups is 4. The van der Waals surface area contributed by atoms with E-state index in [1.807, 2.05) is 0 Å². The summed E-state index contributed by atoms with van der Waals surface area (Å²) in [6, 6.07) is -0.539. The van der Waals surface area contributed by atoms with Crippen molar-refractivity contribution in [1.82, 2.24) is 15.6 Å². The van der Waals surface area contributed by atoms with Crippen LogP contribution in [0.4, 0.5) is 4.79 Å². The molecule has 9 nitrogen and oxygen atoms in total. The van der Waals surface area contributed by atoms with Crippen molar-refractivity contribution >= 4 is 23.9 Å². The van der Waals surface area contributed by atoms with Gasteiger partial charge in [0.15, 0.2) is 6.61 Å². The molecule has 1 aromatic rings. The van der Waals surface area contributed by atoms with E-state index in [-0.39, 0.29) is 16.8 Å². The number of imide groups is 1. The highest BCUT2D eigenvalue weighted by atomic mass is 16.5. The van der Waals surface area contributed by atoms with Crippen molar-refractivity contribution in [2.75, 3.05) is 13.7 Å². The third-order valence-electron chi connectivity index (χ3n) is 7.04. The number of aromatic nitrogens is 1. The molecule has 9 heteroatoms. The molecule has 0 saturated heterocycles. The summed E-state index contributed by atoms with van der Waals surface area (Å²) < 4.78 is 9.75. The summed E-state index contributed by atoms with van der Waals surface area (Å²) in [5, 5.41) is 5.31. The number of H-pyrrole nitrogens is 1. The average Bonchev–Trinajstić information content (AvgIpc) is 2.98. The molecule has 0 radical (unpaired) electrons.